The van der Waals surface area contributed by atoms with Crippen LogP contribution in [0.4, 0.5) is 0 Å². The summed E-state index contributed by atoms with van der Waals surface area (Å²) in [4.78, 5) is 3.44. The van der Waals surface area contributed by atoms with Gasteiger partial charge in [-0.2, -0.15) is 0 Å². The molecule has 1 aromatic carbocycles. The maximum Gasteiger partial charge on any atom is 0.0486 e. The van der Waals surface area contributed by atoms with E-state index >= 15 is 0 Å². The summed E-state index contributed by atoms with van der Waals surface area (Å²) in [5.41, 5.74) is 3.77. The third-order valence-corrected chi connectivity index (χ3v) is 2.97. The van der Waals surface area contributed by atoms with Gasteiger partial charge in [0.05, 0.1) is 0 Å². The molecular formula is C12H15BrN2. The molecule has 1 aromatic heterocycles. The summed E-state index contributed by atoms with van der Waals surface area (Å²) in [6.07, 6.45) is 0. The summed E-state index contributed by atoms with van der Waals surface area (Å²) in [6, 6.07) is 6.49. The van der Waals surface area contributed by atoms with Crippen LogP contribution in [0.25, 0.3) is 10.9 Å². The van der Waals surface area contributed by atoms with Gasteiger partial charge in [-0.15, -0.1) is 0 Å². The van der Waals surface area contributed by atoms with E-state index < -0.39 is 0 Å². The van der Waals surface area contributed by atoms with Crippen molar-refractivity contribution in [1.29, 1.82) is 0 Å². The van der Waals surface area contributed by atoms with Crippen molar-refractivity contribution in [2.75, 3.05) is 6.54 Å². The Hall–Kier alpha value is -0.800. The predicted octanol–water partition coefficient (Wildman–Crippen LogP) is 3.35. The lowest BCUT2D eigenvalue weighted by Crippen LogP contribution is -2.11. The Labute approximate surface area is 98.2 Å². The van der Waals surface area contributed by atoms with E-state index in [2.05, 4.69) is 58.3 Å². The number of fused-ring (bicyclic) bond motifs is 1. The third-order valence-electron chi connectivity index (χ3n) is 2.51. The van der Waals surface area contributed by atoms with E-state index in [1.54, 1.807) is 0 Å². The van der Waals surface area contributed by atoms with Gasteiger partial charge in [-0.1, -0.05) is 22.9 Å². The number of aromatic nitrogens is 1. The molecule has 0 fully saturated rings. The van der Waals surface area contributed by atoms with Crippen LogP contribution >= 0.6 is 15.9 Å². The first kappa shape index (κ1) is 10.7. The highest BCUT2D eigenvalue weighted by atomic mass is 79.9. The Balaban J connectivity index is 2.41. The Morgan fingerprint density at radius 1 is 1.33 bits per heavy atom. The van der Waals surface area contributed by atoms with Gasteiger partial charge >= 0.3 is 0 Å². The van der Waals surface area contributed by atoms with Crippen LogP contribution in [-0.2, 0) is 6.54 Å². The molecule has 0 aliphatic carbocycles. The summed E-state index contributed by atoms with van der Waals surface area (Å²) in [5, 5.41) is 4.59. The molecule has 0 saturated carbocycles. The molecule has 0 radical (unpaired) electrons. The lowest BCUT2D eigenvalue weighted by atomic mass is 10.2. The monoisotopic (exact) mass is 266 g/mol. The van der Waals surface area contributed by atoms with Gasteiger partial charge in [-0.3, -0.25) is 0 Å². The SMILES string of the molecule is CCNCc1cc2cc(Br)cc(C)c2[nH]1. The molecule has 15 heavy (non-hydrogen) atoms. The Morgan fingerprint density at radius 2 is 2.13 bits per heavy atom. The summed E-state index contributed by atoms with van der Waals surface area (Å²) in [7, 11) is 0. The van der Waals surface area contributed by atoms with Gasteiger partial charge in [-0.25, -0.2) is 0 Å². The van der Waals surface area contributed by atoms with Gasteiger partial charge in [0.15, 0.2) is 0 Å². The quantitative estimate of drug-likeness (QED) is 0.877. The van der Waals surface area contributed by atoms with Crippen LogP contribution in [0.3, 0.4) is 0 Å². The van der Waals surface area contributed by atoms with Crippen LogP contribution in [0.5, 0.6) is 0 Å². The van der Waals surface area contributed by atoms with E-state index in [0.717, 1.165) is 17.6 Å². The van der Waals surface area contributed by atoms with E-state index in [1.165, 1.54) is 22.2 Å². The van der Waals surface area contributed by atoms with Crippen molar-refractivity contribution >= 4 is 26.8 Å². The van der Waals surface area contributed by atoms with Gasteiger partial charge in [0.25, 0.3) is 0 Å². The first-order chi connectivity index (χ1) is 7.20. The second-order valence-electron chi connectivity index (χ2n) is 3.76. The maximum absolute atomic E-state index is 3.52. The van der Waals surface area contributed by atoms with Crippen molar-refractivity contribution in [2.24, 2.45) is 0 Å². The lowest BCUT2D eigenvalue weighted by Gasteiger charge is -1.98. The fourth-order valence-electron chi connectivity index (χ4n) is 1.79. The van der Waals surface area contributed by atoms with E-state index in [-0.39, 0.29) is 0 Å². The molecule has 3 heteroatoms. The Bertz CT molecular complexity index is 474. The highest BCUT2D eigenvalue weighted by Crippen LogP contribution is 2.24. The molecule has 0 aliphatic rings. The number of halogens is 1. The van der Waals surface area contributed by atoms with Crippen LogP contribution in [0.2, 0.25) is 0 Å². The second kappa shape index (κ2) is 4.37. The average Bonchev–Trinajstić information content (AvgIpc) is 2.57. The minimum absolute atomic E-state index is 0.905. The largest absolute Gasteiger partial charge is 0.357 e. The molecule has 1 heterocycles. The summed E-state index contributed by atoms with van der Waals surface area (Å²) < 4.78 is 1.14. The molecule has 0 saturated heterocycles. The standard InChI is InChI=1S/C12H15BrN2/c1-3-14-7-11-6-9-5-10(13)4-8(2)12(9)15-11/h4-6,14-15H,3,7H2,1-2H3. The van der Waals surface area contributed by atoms with Crippen LogP contribution in [0.15, 0.2) is 22.7 Å². The zero-order valence-corrected chi connectivity index (χ0v) is 10.6. The highest BCUT2D eigenvalue weighted by Gasteiger charge is 2.03. The fourth-order valence-corrected chi connectivity index (χ4v) is 2.38. The van der Waals surface area contributed by atoms with Crippen molar-refractivity contribution in [3.63, 3.8) is 0 Å². The fraction of sp³-hybridized carbons (Fsp3) is 0.333. The molecule has 0 bridgehead atoms. The Kier molecular flexibility index (Phi) is 3.12. The van der Waals surface area contributed by atoms with Crippen molar-refractivity contribution in [2.45, 2.75) is 20.4 Å². The van der Waals surface area contributed by atoms with Crippen LogP contribution < -0.4 is 5.32 Å². The van der Waals surface area contributed by atoms with E-state index in [1.807, 2.05) is 0 Å². The number of nitrogens with one attached hydrogen (secondary N) is 2. The molecule has 80 valence electrons. The number of H-pyrrole nitrogens is 1. The van der Waals surface area contributed by atoms with Crippen LogP contribution in [-0.4, -0.2) is 11.5 Å². The van der Waals surface area contributed by atoms with Gasteiger partial charge in [0, 0.05) is 27.6 Å². The molecule has 2 N–H and O–H groups in total. The molecule has 0 atom stereocenters. The van der Waals surface area contributed by atoms with Gasteiger partial charge in [0.1, 0.15) is 0 Å². The first-order valence-electron chi connectivity index (χ1n) is 5.19. The molecular weight excluding hydrogens is 252 g/mol. The van der Waals surface area contributed by atoms with Crippen molar-refractivity contribution in [3.05, 3.63) is 33.9 Å². The molecule has 0 amide bonds. The topological polar surface area (TPSA) is 27.8 Å². The molecule has 2 rings (SSSR count). The highest BCUT2D eigenvalue weighted by molar-refractivity contribution is 9.10. The zero-order valence-electron chi connectivity index (χ0n) is 9.02. The minimum Gasteiger partial charge on any atom is -0.357 e. The summed E-state index contributed by atoms with van der Waals surface area (Å²) in [6.45, 7) is 6.14. The maximum atomic E-state index is 3.52. The van der Waals surface area contributed by atoms with Gasteiger partial charge in [0.2, 0.25) is 0 Å². The van der Waals surface area contributed by atoms with Crippen molar-refractivity contribution in [3.8, 4) is 0 Å². The van der Waals surface area contributed by atoms with E-state index in [4.69, 9.17) is 0 Å². The van der Waals surface area contributed by atoms with Gasteiger partial charge < -0.3 is 10.3 Å². The average molecular weight is 267 g/mol. The lowest BCUT2D eigenvalue weighted by molar-refractivity contribution is 0.715. The third kappa shape index (κ3) is 2.24. The summed E-state index contributed by atoms with van der Waals surface area (Å²) in [5.74, 6) is 0. The number of benzene rings is 1. The van der Waals surface area contributed by atoms with E-state index in [0.29, 0.717) is 0 Å². The van der Waals surface area contributed by atoms with Crippen LogP contribution in [0, 0.1) is 6.92 Å². The normalized spacial score (nSPS) is 11.1. The number of hydrogen-bond donors (Lipinski definition) is 2. The van der Waals surface area contributed by atoms with Crippen molar-refractivity contribution < 1.29 is 0 Å². The Morgan fingerprint density at radius 3 is 2.87 bits per heavy atom. The molecule has 2 aromatic rings. The second-order valence-corrected chi connectivity index (χ2v) is 4.68. The van der Waals surface area contributed by atoms with Crippen molar-refractivity contribution in [1.82, 2.24) is 10.3 Å². The number of hydrogen-bond acceptors (Lipinski definition) is 1. The number of aromatic amines is 1. The molecule has 0 spiro atoms. The zero-order chi connectivity index (χ0) is 10.8. The number of rotatable bonds is 3. The minimum atomic E-state index is 0.905. The van der Waals surface area contributed by atoms with E-state index in [9.17, 15) is 0 Å². The molecule has 0 unspecified atom stereocenters. The molecule has 2 nitrogen and oxygen atoms in total. The smallest absolute Gasteiger partial charge is 0.0486 e. The summed E-state index contributed by atoms with van der Waals surface area (Å²) >= 11 is 3.52. The number of aryl methyl sites for hydroxylation is 1. The molecule has 0 aliphatic heterocycles. The first-order valence-corrected chi connectivity index (χ1v) is 5.98. The van der Waals surface area contributed by atoms with Crippen LogP contribution in [0.1, 0.15) is 18.2 Å². The predicted molar refractivity (Wildman–Crippen MR) is 68.1 cm³/mol. The van der Waals surface area contributed by atoms with Gasteiger partial charge in [-0.05, 0) is 37.2 Å².